The van der Waals surface area contributed by atoms with Gasteiger partial charge in [-0.15, -0.1) is 0 Å². The number of hydrogen-bond donors (Lipinski definition) is 0. The molecule has 0 spiro atoms. The minimum atomic E-state index is -4.26. The molecule has 4 heteroatoms. The average Bonchev–Trinajstić information content (AvgIpc) is 2.38. The van der Waals surface area contributed by atoms with Crippen molar-refractivity contribution in [2.45, 2.75) is 38.3 Å². The van der Waals surface area contributed by atoms with Crippen LogP contribution in [-0.2, 0) is 0 Å². The van der Waals surface area contributed by atoms with Crippen LogP contribution < -0.4 is 0 Å². The summed E-state index contributed by atoms with van der Waals surface area (Å²) >= 11 is 4.59. The molecule has 0 heterocycles. The van der Waals surface area contributed by atoms with Crippen molar-refractivity contribution in [1.29, 1.82) is 0 Å². The van der Waals surface area contributed by atoms with Gasteiger partial charge in [0, 0.05) is 11.6 Å². The topological polar surface area (TPSA) is 0 Å². The Labute approximate surface area is 75.4 Å². The van der Waals surface area contributed by atoms with E-state index in [2.05, 4.69) is 11.6 Å². The summed E-state index contributed by atoms with van der Waals surface area (Å²) in [6.45, 7) is 0. The molecule has 1 rings (SSSR count). The molecule has 0 aromatic heterocycles. The lowest BCUT2D eigenvalue weighted by Gasteiger charge is -1.92. The zero-order valence-electron chi connectivity index (χ0n) is 6.70. The van der Waals surface area contributed by atoms with Crippen LogP contribution in [0.25, 0.3) is 0 Å². The van der Waals surface area contributed by atoms with Crippen molar-refractivity contribution in [1.82, 2.24) is 0 Å². The first kappa shape index (κ1) is 11.8. The van der Waals surface area contributed by atoms with E-state index in [4.69, 9.17) is 0 Å². The van der Waals surface area contributed by atoms with E-state index in [9.17, 15) is 13.2 Å². The van der Waals surface area contributed by atoms with Crippen molar-refractivity contribution in [2.75, 3.05) is 0 Å². The van der Waals surface area contributed by atoms with E-state index in [1.54, 1.807) is 0 Å². The van der Waals surface area contributed by atoms with Gasteiger partial charge in [0.2, 0.25) is 0 Å². The monoisotopic (exact) mass is 200 g/mol. The highest BCUT2D eigenvalue weighted by Gasteiger charge is 2.21. The molecule has 0 unspecified atom stereocenters. The molecule has 1 aliphatic carbocycles. The van der Waals surface area contributed by atoms with Gasteiger partial charge in [-0.05, 0) is 0 Å². The maximum atomic E-state index is 10.9. The molecule has 0 saturated heterocycles. The van der Waals surface area contributed by atoms with Crippen molar-refractivity contribution < 1.29 is 13.2 Å². The minimum absolute atomic E-state index is 0.0471. The zero-order chi connectivity index (χ0) is 9.45. The van der Waals surface area contributed by atoms with Gasteiger partial charge in [-0.25, -0.2) is 0 Å². The Balaban J connectivity index is 0.000000211. The molecular formula is C8H12ClF3. The lowest BCUT2D eigenvalue weighted by atomic mass is 10.4. The van der Waals surface area contributed by atoms with Crippen LogP contribution in [0.2, 0.25) is 0 Å². The zero-order valence-corrected chi connectivity index (χ0v) is 7.46. The number of alkyl halides is 3. The van der Waals surface area contributed by atoms with E-state index in [-0.39, 0.29) is 6.08 Å². The Morgan fingerprint density at radius 3 is 1.33 bits per heavy atom. The van der Waals surface area contributed by atoms with Crippen LogP contribution >= 0.6 is 11.6 Å². The molecule has 72 valence electrons. The third kappa shape index (κ3) is 9.82. The summed E-state index contributed by atoms with van der Waals surface area (Å²) in [5, 5.41) is 0. The van der Waals surface area contributed by atoms with Gasteiger partial charge < -0.3 is 0 Å². The highest BCUT2D eigenvalue weighted by Crippen LogP contribution is 2.16. The third-order valence-electron chi connectivity index (χ3n) is 1.50. The van der Waals surface area contributed by atoms with Crippen molar-refractivity contribution in [3.8, 4) is 0 Å². The molecule has 1 aliphatic rings. The fourth-order valence-corrected chi connectivity index (χ4v) is 1.10. The maximum absolute atomic E-state index is 10.9. The average molecular weight is 201 g/mol. The molecule has 0 N–H and O–H groups in total. The van der Waals surface area contributed by atoms with Crippen molar-refractivity contribution >= 4 is 11.6 Å². The smallest absolute Gasteiger partial charge is 0.167 e. The van der Waals surface area contributed by atoms with E-state index in [0.29, 0.717) is 5.54 Å². The molecule has 1 saturated carbocycles. The molecule has 12 heavy (non-hydrogen) atoms. The van der Waals surface area contributed by atoms with E-state index in [0.717, 1.165) is 0 Å². The Morgan fingerprint density at radius 1 is 0.917 bits per heavy atom. The number of halogens is 4. The first-order valence-corrected chi connectivity index (χ1v) is 4.34. The lowest BCUT2D eigenvalue weighted by molar-refractivity contribution is -0.0796. The Morgan fingerprint density at radius 2 is 1.25 bits per heavy atom. The van der Waals surface area contributed by atoms with Crippen molar-refractivity contribution in [2.24, 2.45) is 0 Å². The van der Waals surface area contributed by atoms with Crippen molar-refractivity contribution in [3.05, 3.63) is 11.6 Å². The van der Waals surface area contributed by atoms with Gasteiger partial charge in [0.1, 0.15) is 0 Å². The van der Waals surface area contributed by atoms with E-state index in [1.807, 2.05) is 0 Å². The van der Waals surface area contributed by atoms with E-state index < -0.39 is 6.18 Å². The van der Waals surface area contributed by atoms with Crippen molar-refractivity contribution in [3.63, 3.8) is 0 Å². The lowest BCUT2D eigenvalue weighted by Crippen LogP contribution is -1.99. The second kappa shape index (κ2) is 6.35. The number of rotatable bonds is 0. The summed E-state index contributed by atoms with van der Waals surface area (Å²) in [4.78, 5) is 0. The first-order chi connectivity index (χ1) is 5.56. The molecule has 0 amide bonds. The minimum Gasteiger partial charge on any atom is -0.167 e. The van der Waals surface area contributed by atoms with Crippen LogP contribution in [0.3, 0.4) is 0 Å². The molecule has 0 nitrogen and oxygen atoms in total. The van der Waals surface area contributed by atoms with Crippen LogP contribution in [0, 0.1) is 0 Å². The predicted octanol–water partition coefficient (Wildman–Crippen LogP) is 4.25. The Hall–Kier alpha value is -0.180. The standard InChI is InChI=1S/C5H10.C3H2ClF3/c1-2-4-5-3-1;4-2-1-3(5,6)7/h1-5H2;1-2H. The fourth-order valence-electron chi connectivity index (χ4n) is 0.955. The van der Waals surface area contributed by atoms with E-state index in [1.165, 1.54) is 32.1 Å². The summed E-state index contributed by atoms with van der Waals surface area (Å²) in [6, 6.07) is 0. The van der Waals surface area contributed by atoms with Gasteiger partial charge in [-0.3, -0.25) is 0 Å². The number of allylic oxidation sites excluding steroid dienone is 1. The van der Waals surface area contributed by atoms with Crippen LogP contribution in [0.1, 0.15) is 32.1 Å². The largest absolute Gasteiger partial charge is 0.410 e. The molecule has 0 atom stereocenters. The molecule has 0 aromatic carbocycles. The normalized spacial score (nSPS) is 17.7. The highest BCUT2D eigenvalue weighted by atomic mass is 35.5. The summed E-state index contributed by atoms with van der Waals surface area (Å²) < 4.78 is 32.7. The van der Waals surface area contributed by atoms with Crippen LogP contribution in [0.15, 0.2) is 11.6 Å². The predicted molar refractivity (Wildman–Crippen MR) is 44.1 cm³/mol. The van der Waals surface area contributed by atoms with Gasteiger partial charge in [0.25, 0.3) is 0 Å². The fraction of sp³-hybridized carbons (Fsp3) is 0.750. The van der Waals surface area contributed by atoms with Crippen LogP contribution in [0.5, 0.6) is 0 Å². The summed E-state index contributed by atoms with van der Waals surface area (Å²) in [5.74, 6) is 0. The summed E-state index contributed by atoms with van der Waals surface area (Å²) in [7, 11) is 0. The molecule has 0 aliphatic heterocycles. The van der Waals surface area contributed by atoms with E-state index >= 15 is 0 Å². The quantitative estimate of drug-likeness (QED) is 0.548. The van der Waals surface area contributed by atoms with Gasteiger partial charge >= 0.3 is 6.18 Å². The molecule has 0 radical (unpaired) electrons. The first-order valence-electron chi connectivity index (χ1n) is 3.91. The Bertz CT molecular complexity index is 117. The van der Waals surface area contributed by atoms with Gasteiger partial charge in [-0.2, -0.15) is 13.2 Å². The molecule has 0 aromatic rings. The Kier molecular flexibility index (Phi) is 6.25. The molecular weight excluding hydrogens is 189 g/mol. The third-order valence-corrected chi connectivity index (χ3v) is 1.63. The second-order valence-electron chi connectivity index (χ2n) is 2.60. The van der Waals surface area contributed by atoms with Gasteiger partial charge in [-0.1, -0.05) is 43.7 Å². The summed E-state index contributed by atoms with van der Waals surface area (Å²) in [5.41, 5.74) is 0.431. The van der Waals surface area contributed by atoms with Gasteiger partial charge in [0.05, 0.1) is 0 Å². The number of hydrogen-bond acceptors (Lipinski definition) is 0. The molecule has 1 fully saturated rings. The molecule has 0 bridgehead atoms. The second-order valence-corrected chi connectivity index (χ2v) is 2.85. The maximum Gasteiger partial charge on any atom is 0.410 e. The highest BCUT2D eigenvalue weighted by molar-refractivity contribution is 6.25. The summed E-state index contributed by atoms with van der Waals surface area (Å²) in [6.07, 6.45) is 3.19. The SMILES string of the molecule is C1CCCC1.FC(F)(F)C=CCl. The van der Waals surface area contributed by atoms with Crippen LogP contribution in [-0.4, -0.2) is 6.18 Å². The van der Waals surface area contributed by atoms with Crippen LogP contribution in [0.4, 0.5) is 13.2 Å². The van der Waals surface area contributed by atoms with Gasteiger partial charge in [0.15, 0.2) is 0 Å².